The monoisotopic (exact) mass is 247 g/mol. The van der Waals surface area contributed by atoms with Crippen LogP contribution < -0.4 is 0 Å². The predicted octanol–water partition coefficient (Wildman–Crippen LogP) is 2.65. The average molecular weight is 247 g/mol. The van der Waals surface area contributed by atoms with Crippen LogP contribution in [0.4, 0.5) is 4.39 Å². The van der Waals surface area contributed by atoms with Gasteiger partial charge in [0.1, 0.15) is 11.9 Å². The highest BCUT2D eigenvalue weighted by Crippen LogP contribution is 2.22. The van der Waals surface area contributed by atoms with Crippen molar-refractivity contribution < 1.29 is 9.60 Å². The molecule has 0 saturated carbocycles. The lowest BCUT2D eigenvalue weighted by Crippen LogP contribution is -1.95. The molecule has 1 N–H and O–H groups in total. The van der Waals surface area contributed by atoms with Crippen molar-refractivity contribution >= 4 is 17.0 Å². The molecule has 1 heterocycles. The van der Waals surface area contributed by atoms with E-state index in [1.807, 2.05) is 0 Å². The Morgan fingerprint density at radius 2 is 2.12 bits per heavy atom. The highest BCUT2D eigenvalue weighted by Gasteiger charge is 2.10. The van der Waals surface area contributed by atoms with Crippen molar-refractivity contribution in [2.45, 2.75) is 0 Å². The Labute approximate surface area is 100 Å². The number of oxime groups is 1. The van der Waals surface area contributed by atoms with Crippen LogP contribution in [0.25, 0.3) is 11.3 Å². The molecule has 1 aromatic heterocycles. The number of aromatic nitrogens is 1. The van der Waals surface area contributed by atoms with Gasteiger partial charge in [-0.05, 0) is 24.3 Å². The Morgan fingerprint density at radius 1 is 1.41 bits per heavy atom. The van der Waals surface area contributed by atoms with E-state index in [4.69, 9.17) is 10.5 Å². The topological polar surface area (TPSA) is 69.3 Å². The zero-order valence-corrected chi connectivity index (χ0v) is 9.28. The lowest BCUT2D eigenvalue weighted by molar-refractivity contribution is 0.320. The normalized spacial score (nSPS) is 11.2. The minimum absolute atomic E-state index is 0.136. The van der Waals surface area contributed by atoms with E-state index in [9.17, 15) is 4.39 Å². The maximum atomic E-state index is 12.7. The van der Waals surface area contributed by atoms with Gasteiger partial charge in [-0.25, -0.2) is 9.37 Å². The fourth-order valence-electron chi connectivity index (χ4n) is 1.25. The first kappa shape index (κ1) is 11.2. The van der Waals surface area contributed by atoms with Crippen molar-refractivity contribution in [3.63, 3.8) is 0 Å². The van der Waals surface area contributed by atoms with Crippen LogP contribution in [-0.2, 0) is 0 Å². The molecule has 0 saturated heterocycles. The first-order chi connectivity index (χ1) is 8.24. The second-order valence-electron chi connectivity index (χ2n) is 3.11. The van der Waals surface area contributed by atoms with E-state index in [2.05, 4.69) is 10.1 Å². The summed E-state index contributed by atoms with van der Waals surface area (Å²) in [4.78, 5) is 4.13. The second kappa shape index (κ2) is 4.72. The molecular weight excluding hydrogens is 241 g/mol. The molecule has 17 heavy (non-hydrogen) atoms. The van der Waals surface area contributed by atoms with Gasteiger partial charge < -0.3 is 5.21 Å². The number of benzene rings is 1. The Morgan fingerprint density at radius 3 is 2.71 bits per heavy atom. The van der Waals surface area contributed by atoms with E-state index < -0.39 is 0 Å². The summed E-state index contributed by atoms with van der Waals surface area (Å²) in [7, 11) is 0. The molecule has 6 heteroatoms. The standard InChI is InChI=1S/C11H6FN3OS/c12-8-3-1-7(2-4-8)10-6-17-11(14-10)9(5-13)15-16/h1-4,6,16H/b15-9+. The molecule has 0 aliphatic heterocycles. The molecule has 0 unspecified atom stereocenters. The highest BCUT2D eigenvalue weighted by atomic mass is 32.1. The first-order valence-corrected chi connectivity index (χ1v) is 5.46. The molecule has 0 radical (unpaired) electrons. The average Bonchev–Trinajstić information content (AvgIpc) is 2.81. The second-order valence-corrected chi connectivity index (χ2v) is 3.96. The van der Waals surface area contributed by atoms with Gasteiger partial charge >= 0.3 is 0 Å². The maximum absolute atomic E-state index is 12.7. The largest absolute Gasteiger partial charge is 0.410 e. The van der Waals surface area contributed by atoms with Crippen LogP contribution in [0.3, 0.4) is 0 Å². The Hall–Kier alpha value is -2.26. The molecule has 0 aliphatic rings. The van der Waals surface area contributed by atoms with Crippen LogP contribution in [0, 0.1) is 17.1 Å². The number of nitrogens with zero attached hydrogens (tertiary/aromatic N) is 3. The third-order valence-corrected chi connectivity index (χ3v) is 2.90. The molecule has 84 valence electrons. The molecule has 2 rings (SSSR count). The van der Waals surface area contributed by atoms with Crippen molar-refractivity contribution in [1.82, 2.24) is 4.98 Å². The zero-order chi connectivity index (χ0) is 12.3. The Balaban J connectivity index is 2.37. The first-order valence-electron chi connectivity index (χ1n) is 4.58. The number of hydrogen-bond donors (Lipinski definition) is 1. The van der Waals surface area contributed by atoms with Crippen LogP contribution >= 0.6 is 11.3 Å². The summed E-state index contributed by atoms with van der Waals surface area (Å²) in [6.07, 6.45) is 0. The predicted molar refractivity (Wildman–Crippen MR) is 61.4 cm³/mol. The smallest absolute Gasteiger partial charge is 0.215 e. The van der Waals surface area contributed by atoms with E-state index in [-0.39, 0.29) is 11.5 Å². The summed E-state index contributed by atoms with van der Waals surface area (Å²) < 4.78 is 12.7. The van der Waals surface area contributed by atoms with Crippen molar-refractivity contribution in [2.75, 3.05) is 0 Å². The van der Waals surface area contributed by atoms with Crippen LogP contribution in [0.1, 0.15) is 5.01 Å². The highest BCUT2D eigenvalue weighted by molar-refractivity contribution is 7.12. The van der Waals surface area contributed by atoms with Gasteiger partial charge in [0, 0.05) is 10.9 Å². The summed E-state index contributed by atoms with van der Waals surface area (Å²) in [5.74, 6) is -0.321. The summed E-state index contributed by atoms with van der Waals surface area (Å²) in [6, 6.07) is 7.58. The number of thiazole rings is 1. The van der Waals surface area contributed by atoms with E-state index >= 15 is 0 Å². The summed E-state index contributed by atoms with van der Waals surface area (Å²) in [5, 5.41) is 22.1. The van der Waals surface area contributed by atoms with Crippen LogP contribution in [-0.4, -0.2) is 15.9 Å². The molecule has 1 aromatic carbocycles. The SMILES string of the molecule is N#C/C(=N\O)c1nc(-c2ccc(F)cc2)cs1. The summed E-state index contributed by atoms with van der Waals surface area (Å²) >= 11 is 1.19. The van der Waals surface area contributed by atoms with E-state index in [1.165, 1.54) is 23.5 Å². The lowest BCUT2D eigenvalue weighted by Gasteiger charge is -1.95. The minimum atomic E-state index is -0.321. The molecule has 0 fully saturated rings. The quantitative estimate of drug-likeness (QED) is 0.504. The fraction of sp³-hybridized carbons (Fsp3) is 0. The molecule has 0 aliphatic carbocycles. The van der Waals surface area contributed by atoms with Gasteiger partial charge in [-0.1, -0.05) is 5.16 Å². The molecular formula is C11H6FN3OS. The minimum Gasteiger partial charge on any atom is -0.410 e. The van der Waals surface area contributed by atoms with Crippen molar-refractivity contribution in [2.24, 2.45) is 5.16 Å². The van der Waals surface area contributed by atoms with Gasteiger partial charge in [-0.2, -0.15) is 5.26 Å². The van der Waals surface area contributed by atoms with Crippen LogP contribution in [0.2, 0.25) is 0 Å². The molecule has 4 nitrogen and oxygen atoms in total. The fourth-order valence-corrected chi connectivity index (χ4v) is 2.01. The summed E-state index contributed by atoms with van der Waals surface area (Å²) in [5.41, 5.74) is 1.22. The zero-order valence-electron chi connectivity index (χ0n) is 8.46. The van der Waals surface area contributed by atoms with Gasteiger partial charge in [0.2, 0.25) is 5.71 Å². The third-order valence-electron chi connectivity index (χ3n) is 2.05. The number of nitriles is 1. The molecule has 0 bridgehead atoms. The van der Waals surface area contributed by atoms with Crippen molar-refractivity contribution in [3.05, 3.63) is 40.5 Å². The van der Waals surface area contributed by atoms with Crippen LogP contribution in [0.5, 0.6) is 0 Å². The summed E-state index contributed by atoms with van der Waals surface area (Å²) in [6.45, 7) is 0. The molecule has 0 amide bonds. The number of rotatable bonds is 2. The maximum Gasteiger partial charge on any atom is 0.215 e. The van der Waals surface area contributed by atoms with Gasteiger partial charge in [-0.3, -0.25) is 0 Å². The number of halogens is 1. The lowest BCUT2D eigenvalue weighted by atomic mass is 10.2. The van der Waals surface area contributed by atoms with Gasteiger partial charge in [0.15, 0.2) is 5.01 Å². The molecule has 2 aromatic rings. The van der Waals surface area contributed by atoms with Crippen molar-refractivity contribution in [1.29, 1.82) is 5.26 Å². The van der Waals surface area contributed by atoms with Gasteiger partial charge in [0.25, 0.3) is 0 Å². The molecule has 0 spiro atoms. The van der Waals surface area contributed by atoms with Gasteiger partial charge in [-0.15, -0.1) is 11.3 Å². The van der Waals surface area contributed by atoms with Gasteiger partial charge in [0.05, 0.1) is 5.69 Å². The van der Waals surface area contributed by atoms with Crippen LogP contribution in [0.15, 0.2) is 34.8 Å². The van der Waals surface area contributed by atoms with Crippen molar-refractivity contribution in [3.8, 4) is 17.3 Å². The Bertz CT molecular complexity index is 598. The van der Waals surface area contributed by atoms with E-state index in [1.54, 1.807) is 23.6 Å². The number of hydrogen-bond acceptors (Lipinski definition) is 5. The van der Waals surface area contributed by atoms with E-state index in [0.717, 1.165) is 5.56 Å². The Kier molecular flexibility index (Phi) is 3.12. The van der Waals surface area contributed by atoms with E-state index in [0.29, 0.717) is 10.7 Å². The molecule has 0 atom stereocenters. The third kappa shape index (κ3) is 2.29.